The molecule has 13 aromatic carbocycles. The maximum atomic E-state index is 9.90. The summed E-state index contributed by atoms with van der Waals surface area (Å²) >= 11 is 0. The van der Waals surface area contributed by atoms with Gasteiger partial charge in [-0.05, 0) is 150 Å². The van der Waals surface area contributed by atoms with Gasteiger partial charge in [-0.1, -0.05) is 267 Å². The van der Waals surface area contributed by atoms with E-state index < -0.39 is 10.8 Å². The first-order valence-electron chi connectivity index (χ1n) is 33.3. The lowest BCUT2D eigenvalue weighted by Gasteiger charge is -2.39. The Morgan fingerprint density at radius 1 is 0.392 bits per heavy atom. The van der Waals surface area contributed by atoms with E-state index in [1.54, 1.807) is 0 Å². The molecule has 20 rings (SSSR count). The molecule has 97 heavy (non-hydrogen) atoms. The minimum Gasteiger partial charge on any atom is -0.457 e. The van der Waals surface area contributed by atoms with Gasteiger partial charge in [-0.25, -0.2) is 4.98 Å². The van der Waals surface area contributed by atoms with E-state index in [1.807, 2.05) is 42.5 Å². The molecule has 3 aliphatic carbocycles. The normalized spacial score (nSPS) is 15.4. The zero-order chi connectivity index (χ0) is 64.1. The van der Waals surface area contributed by atoms with Crippen LogP contribution in [0, 0.1) is 16.7 Å². The largest absolute Gasteiger partial charge is 0.457 e. The highest BCUT2D eigenvalue weighted by molar-refractivity contribution is 6.34. The van der Waals surface area contributed by atoms with Crippen LogP contribution in [0.4, 0.5) is 0 Å². The topological polar surface area (TPSA) is 83.5 Å². The third-order valence-electron chi connectivity index (χ3n) is 21.4. The molecular formula is C91H58N4O2. The first-order chi connectivity index (χ1) is 47.9. The number of hydrogen-bond donors (Lipinski definition) is 2. The van der Waals surface area contributed by atoms with Crippen LogP contribution in [0.15, 0.2) is 322 Å². The van der Waals surface area contributed by atoms with Gasteiger partial charge in [-0.2, -0.15) is 0 Å². The molecule has 0 radical (unpaired) electrons. The fraction of sp³-hybridized carbons (Fsp3) is 0.0440. The second-order valence-corrected chi connectivity index (χ2v) is 26.2. The molecule has 4 heterocycles. The molecule has 2 aliphatic heterocycles. The summed E-state index contributed by atoms with van der Waals surface area (Å²) in [6, 6.07) is 106. The molecule has 0 amide bonds. The molecule has 454 valence electrons. The highest BCUT2D eigenvalue weighted by Crippen LogP contribution is 2.64. The highest BCUT2D eigenvalue weighted by Gasteiger charge is 2.52. The average molecular weight is 1240 g/mol. The van der Waals surface area contributed by atoms with Crippen molar-refractivity contribution in [2.75, 3.05) is 0 Å². The average Bonchev–Trinajstić information content (AvgIpc) is 1.58. The van der Waals surface area contributed by atoms with Crippen molar-refractivity contribution >= 4 is 60.9 Å². The summed E-state index contributed by atoms with van der Waals surface area (Å²) in [6.45, 7) is 0. The predicted octanol–water partition coefficient (Wildman–Crippen LogP) is 22.2. The lowest BCUT2D eigenvalue weighted by Crippen LogP contribution is -2.32. The van der Waals surface area contributed by atoms with Crippen LogP contribution in [0.5, 0.6) is 23.0 Å². The Labute approximate surface area is 560 Å². The number of para-hydroxylation sites is 4. The van der Waals surface area contributed by atoms with E-state index in [9.17, 15) is 10.8 Å². The third-order valence-corrected chi connectivity index (χ3v) is 21.4. The zero-order valence-electron chi connectivity index (χ0n) is 52.6. The molecule has 6 nitrogen and oxygen atoms in total. The maximum absolute atomic E-state index is 9.90. The van der Waals surface area contributed by atoms with E-state index in [1.165, 1.54) is 44.5 Å². The number of allylic oxidation sites excluding steroid dienone is 6. The second kappa shape index (κ2) is 21.0. The summed E-state index contributed by atoms with van der Waals surface area (Å²) in [4.78, 5) is 5.38. The number of hydrogen-bond acceptors (Lipinski definition) is 5. The van der Waals surface area contributed by atoms with Crippen LogP contribution < -0.4 is 9.47 Å². The summed E-state index contributed by atoms with van der Waals surface area (Å²) in [5.41, 5.74) is 27.1. The Balaban J connectivity index is 0.630. The summed E-state index contributed by atoms with van der Waals surface area (Å²) in [7, 11) is 0. The van der Waals surface area contributed by atoms with Gasteiger partial charge in [0, 0.05) is 55.8 Å². The monoisotopic (exact) mass is 1240 g/mol. The van der Waals surface area contributed by atoms with Crippen molar-refractivity contribution in [2.24, 2.45) is 5.92 Å². The number of pyridine rings is 1. The molecule has 2 N–H and O–H groups in total. The van der Waals surface area contributed by atoms with Gasteiger partial charge in [0.05, 0.1) is 33.1 Å². The number of nitrogens with one attached hydrogen (secondary N) is 2. The van der Waals surface area contributed by atoms with Gasteiger partial charge >= 0.3 is 0 Å². The van der Waals surface area contributed by atoms with Crippen LogP contribution in [-0.4, -0.2) is 20.8 Å². The highest BCUT2D eigenvalue weighted by atomic mass is 16.5. The number of benzene rings is 13. The van der Waals surface area contributed by atoms with Gasteiger partial charge in [0.2, 0.25) is 0 Å². The van der Waals surface area contributed by atoms with E-state index in [-0.39, 0.29) is 5.92 Å². The van der Waals surface area contributed by atoms with E-state index in [2.05, 4.69) is 283 Å². The maximum Gasteiger partial charge on any atom is 0.146 e. The van der Waals surface area contributed by atoms with Gasteiger partial charge < -0.3 is 14.9 Å². The van der Waals surface area contributed by atoms with Crippen LogP contribution in [0.1, 0.15) is 67.6 Å². The number of fused-ring (bicyclic) bond motifs is 26. The molecule has 1 atom stereocenters. The zero-order valence-corrected chi connectivity index (χ0v) is 52.6. The number of ether oxygens (including phenoxy) is 2. The summed E-state index contributed by atoms with van der Waals surface area (Å²) in [6.07, 6.45) is 9.11. The minimum atomic E-state index is -0.525. The molecule has 0 bridgehead atoms. The van der Waals surface area contributed by atoms with Crippen molar-refractivity contribution in [3.05, 3.63) is 383 Å². The van der Waals surface area contributed by atoms with Crippen molar-refractivity contribution < 1.29 is 9.47 Å². The smallest absolute Gasteiger partial charge is 0.146 e. The lowest BCUT2D eigenvalue weighted by atomic mass is 9.66. The van der Waals surface area contributed by atoms with Crippen LogP contribution in [0.3, 0.4) is 0 Å². The predicted molar refractivity (Wildman–Crippen MR) is 394 cm³/mol. The molecule has 0 saturated carbocycles. The van der Waals surface area contributed by atoms with Gasteiger partial charge in [-0.3, -0.25) is 9.81 Å². The lowest BCUT2D eigenvalue weighted by molar-refractivity contribution is 0.436. The number of aromatic nitrogens is 2. The van der Waals surface area contributed by atoms with E-state index in [0.717, 1.165) is 128 Å². The van der Waals surface area contributed by atoms with Crippen molar-refractivity contribution in [3.8, 4) is 67.5 Å². The number of imidazole rings is 1. The van der Waals surface area contributed by atoms with E-state index in [4.69, 9.17) is 14.5 Å². The minimum absolute atomic E-state index is 0.211. The van der Waals surface area contributed by atoms with Crippen molar-refractivity contribution in [1.82, 2.24) is 9.38 Å². The summed E-state index contributed by atoms with van der Waals surface area (Å²) < 4.78 is 16.1. The van der Waals surface area contributed by atoms with Crippen molar-refractivity contribution in [3.63, 3.8) is 0 Å². The molecular weight excluding hydrogens is 1180 g/mol. The summed E-state index contributed by atoms with van der Waals surface area (Å²) in [5.74, 6) is 3.24. The van der Waals surface area contributed by atoms with Crippen LogP contribution in [0.25, 0.3) is 94.0 Å². The first-order valence-corrected chi connectivity index (χ1v) is 33.3. The van der Waals surface area contributed by atoms with Crippen LogP contribution in [0.2, 0.25) is 0 Å². The standard InChI is InChI=1S/C91H58N4O2/c92-80(58-40-38-57(39-41-58)62-45-49-79-87(53-62)97-85-33-17-13-29-77(85)91(79)74-26-10-6-22-67(74)68-23-7-11-27-75(68)91)54-70(88(93)59-18-2-1-3-19-59)63-43-46-64-69-47-42-60(51-83(69)95-82-31-15-14-30-81(82)94-89(95)71(64)50-63)55-34-36-56(37-35-55)61-44-48-78-86(52-61)96-84-32-16-12-28-76(84)90(78)72-24-8-4-20-65(72)66-21-5-9-25-73(66)90/h1-40,42-54,58,92-93H,41H2/b70-54-,92-80?,93-88?. The van der Waals surface area contributed by atoms with Crippen LogP contribution in [-0.2, 0) is 10.8 Å². The SMILES string of the molecule is N=C(/C(=C\C(=N)C1C=CC(c2ccc3c(c2)Oc2ccccc2C32c3ccccc3-c3ccccc32)=CC1)c1ccc2c3ccc(-c4ccc(-c5ccc6c(c5)Oc5ccccc5C65c6ccccc6-c6ccccc65)cc4)cc3n3c4ccccc4nc3c2c1)c1ccccc1. The molecule has 6 heteroatoms. The molecule has 1 unspecified atom stereocenters. The molecule has 0 fully saturated rings. The van der Waals surface area contributed by atoms with Crippen molar-refractivity contribution in [2.45, 2.75) is 17.3 Å². The summed E-state index contributed by atoms with van der Waals surface area (Å²) in [5, 5.41) is 22.9. The Morgan fingerprint density at radius 3 is 1.45 bits per heavy atom. The third kappa shape index (κ3) is 7.93. The number of nitrogens with zero attached hydrogens (tertiary/aromatic N) is 2. The Morgan fingerprint density at radius 2 is 0.866 bits per heavy atom. The molecule has 2 spiro atoms. The fourth-order valence-electron chi connectivity index (χ4n) is 17.0. The Kier molecular flexibility index (Phi) is 11.9. The molecule has 0 saturated heterocycles. The quantitative estimate of drug-likeness (QED) is 0.117. The molecule has 5 aliphatic rings. The van der Waals surface area contributed by atoms with E-state index >= 15 is 0 Å². The number of rotatable bonds is 8. The van der Waals surface area contributed by atoms with Gasteiger partial charge in [0.1, 0.15) is 28.6 Å². The van der Waals surface area contributed by atoms with E-state index in [0.29, 0.717) is 23.4 Å². The molecule has 2 aromatic heterocycles. The fourth-order valence-corrected chi connectivity index (χ4v) is 17.0. The second-order valence-electron chi connectivity index (χ2n) is 26.2. The Bertz CT molecular complexity index is 5950. The first kappa shape index (κ1) is 55.0. The Hall–Kier alpha value is -12.5. The molecule has 15 aromatic rings. The van der Waals surface area contributed by atoms with Gasteiger partial charge in [-0.15, -0.1) is 0 Å². The van der Waals surface area contributed by atoms with Gasteiger partial charge in [0.15, 0.2) is 0 Å². The van der Waals surface area contributed by atoms with Crippen molar-refractivity contribution in [1.29, 1.82) is 10.8 Å². The van der Waals surface area contributed by atoms with Crippen LogP contribution >= 0.6 is 0 Å². The van der Waals surface area contributed by atoms with Gasteiger partial charge in [0.25, 0.3) is 0 Å².